The second-order valence-corrected chi connectivity index (χ2v) is 13.6. The van der Waals surface area contributed by atoms with Crippen LogP contribution in [0.5, 0.6) is 0 Å². The zero-order valence-electron chi connectivity index (χ0n) is 29.6. The minimum absolute atomic E-state index is 0.496. The van der Waals surface area contributed by atoms with Gasteiger partial charge < -0.3 is 14.0 Å². The van der Waals surface area contributed by atoms with E-state index in [4.69, 9.17) is 0 Å². The van der Waals surface area contributed by atoms with Gasteiger partial charge in [0.15, 0.2) is 0 Å². The van der Waals surface area contributed by atoms with Crippen molar-refractivity contribution in [2.24, 2.45) is 0 Å². The number of aromatic nitrogens is 2. The monoisotopic (exact) mass is 701 g/mol. The van der Waals surface area contributed by atoms with Gasteiger partial charge in [0, 0.05) is 44.3 Å². The molecule has 5 heteroatoms. The van der Waals surface area contributed by atoms with Crippen LogP contribution in [0, 0.1) is 22.7 Å². The first-order valence-corrected chi connectivity index (χ1v) is 18.2. The summed E-state index contributed by atoms with van der Waals surface area (Å²) in [4.78, 5) is 2.27. The lowest BCUT2D eigenvalue weighted by molar-refractivity contribution is 1.16. The van der Waals surface area contributed by atoms with Crippen molar-refractivity contribution in [1.82, 2.24) is 9.13 Å². The van der Waals surface area contributed by atoms with Crippen molar-refractivity contribution in [2.45, 2.75) is 0 Å². The SMILES string of the molecule is N#Cc1ccc(C#N)c(-n2c3ccc(N(c4ccccc4)c4ccccc4)cc3c3c(-c4ccc5c6ccccc6n(-c6ccccc6)c5c4)cccc32)c1. The molecule has 0 aliphatic carbocycles. The molecule has 0 bridgehead atoms. The van der Waals surface area contributed by atoms with E-state index in [9.17, 15) is 10.5 Å². The first kappa shape index (κ1) is 31.8. The molecule has 0 saturated carbocycles. The van der Waals surface area contributed by atoms with Crippen LogP contribution < -0.4 is 4.90 Å². The molecule has 10 rings (SSSR count). The lowest BCUT2D eigenvalue weighted by Gasteiger charge is -2.25. The molecule has 0 N–H and O–H groups in total. The van der Waals surface area contributed by atoms with Gasteiger partial charge in [-0.25, -0.2) is 0 Å². The molecule has 55 heavy (non-hydrogen) atoms. The molecule has 10 aromatic rings. The number of benzene rings is 8. The van der Waals surface area contributed by atoms with Gasteiger partial charge in [0.25, 0.3) is 0 Å². The minimum atomic E-state index is 0.496. The highest BCUT2D eigenvalue weighted by Gasteiger charge is 2.22. The van der Waals surface area contributed by atoms with Crippen LogP contribution in [0.2, 0.25) is 0 Å². The van der Waals surface area contributed by atoms with Crippen LogP contribution in [0.25, 0.3) is 66.1 Å². The average Bonchev–Trinajstić information content (AvgIpc) is 3.77. The van der Waals surface area contributed by atoms with Gasteiger partial charge in [-0.2, -0.15) is 10.5 Å². The van der Waals surface area contributed by atoms with Crippen molar-refractivity contribution in [2.75, 3.05) is 4.90 Å². The lowest BCUT2D eigenvalue weighted by Crippen LogP contribution is -2.09. The van der Waals surface area contributed by atoms with Crippen molar-refractivity contribution < 1.29 is 0 Å². The molecule has 256 valence electrons. The Hall–Kier alpha value is -7.86. The van der Waals surface area contributed by atoms with Crippen LogP contribution >= 0.6 is 0 Å². The number of hydrogen-bond donors (Lipinski definition) is 0. The standard InChI is InChI=1S/C50H31N5/c51-32-34-23-24-36(33-52)48(29-34)55-46-28-26-40(53(37-13-4-1-5-14-37)38-15-6-2-7-16-38)31-44(46)50-41(20-12-22-47(50)55)35-25-27-43-42-19-10-11-21-45(42)54(49(43)30-35)39-17-8-3-9-18-39/h1-31H. The number of rotatable bonds is 6. The third-order valence-corrected chi connectivity index (χ3v) is 10.5. The normalized spacial score (nSPS) is 11.2. The van der Waals surface area contributed by atoms with E-state index in [-0.39, 0.29) is 0 Å². The molecule has 0 spiro atoms. The molecule has 0 amide bonds. The smallest absolute Gasteiger partial charge is 0.101 e. The predicted octanol–water partition coefficient (Wildman–Crippen LogP) is 12.8. The van der Waals surface area contributed by atoms with E-state index in [0.717, 1.165) is 66.7 Å². The van der Waals surface area contributed by atoms with Crippen molar-refractivity contribution >= 4 is 60.7 Å². The fourth-order valence-electron chi connectivity index (χ4n) is 8.17. The third-order valence-electron chi connectivity index (χ3n) is 10.5. The van der Waals surface area contributed by atoms with Gasteiger partial charge >= 0.3 is 0 Å². The number of anilines is 3. The lowest BCUT2D eigenvalue weighted by atomic mass is 9.98. The van der Waals surface area contributed by atoms with E-state index in [1.54, 1.807) is 12.1 Å². The van der Waals surface area contributed by atoms with E-state index in [0.29, 0.717) is 16.8 Å². The maximum Gasteiger partial charge on any atom is 0.101 e. The van der Waals surface area contributed by atoms with Gasteiger partial charge in [-0.1, -0.05) is 97.1 Å². The quantitative estimate of drug-likeness (QED) is 0.173. The molecule has 8 aromatic carbocycles. The van der Waals surface area contributed by atoms with Gasteiger partial charge in [0.2, 0.25) is 0 Å². The van der Waals surface area contributed by atoms with E-state index in [1.165, 1.54) is 10.8 Å². The van der Waals surface area contributed by atoms with E-state index in [1.807, 2.05) is 24.3 Å². The van der Waals surface area contributed by atoms with Crippen molar-refractivity contribution in [3.8, 4) is 34.6 Å². The first-order chi connectivity index (χ1) is 27.2. The summed E-state index contributed by atoms with van der Waals surface area (Å²) in [6, 6.07) is 69.6. The molecule has 0 unspecified atom stereocenters. The second-order valence-electron chi connectivity index (χ2n) is 13.6. The largest absolute Gasteiger partial charge is 0.310 e. The number of fused-ring (bicyclic) bond motifs is 6. The highest BCUT2D eigenvalue weighted by atomic mass is 15.1. The Bertz CT molecular complexity index is 3120. The highest BCUT2D eigenvalue weighted by molar-refractivity contribution is 6.18. The first-order valence-electron chi connectivity index (χ1n) is 18.2. The summed E-state index contributed by atoms with van der Waals surface area (Å²) >= 11 is 0. The summed E-state index contributed by atoms with van der Waals surface area (Å²) in [6.07, 6.45) is 0. The Labute approximate surface area is 318 Å². The van der Waals surface area contributed by atoms with E-state index >= 15 is 0 Å². The molecular formula is C50H31N5. The Balaban J connectivity index is 1.30. The van der Waals surface area contributed by atoms with Gasteiger partial charge in [-0.15, -0.1) is 0 Å². The van der Waals surface area contributed by atoms with Gasteiger partial charge in [0.05, 0.1) is 45.0 Å². The summed E-state index contributed by atoms with van der Waals surface area (Å²) in [5.74, 6) is 0. The molecule has 0 fully saturated rings. The minimum Gasteiger partial charge on any atom is -0.310 e. The topological polar surface area (TPSA) is 60.7 Å². The van der Waals surface area contributed by atoms with Crippen LogP contribution in [0.15, 0.2) is 188 Å². The fourth-order valence-corrected chi connectivity index (χ4v) is 8.17. The maximum absolute atomic E-state index is 10.4. The Kier molecular flexibility index (Phi) is 7.51. The van der Waals surface area contributed by atoms with Gasteiger partial charge in [-0.05, 0) is 102 Å². The second kappa shape index (κ2) is 13.0. The van der Waals surface area contributed by atoms with Crippen LogP contribution in [-0.2, 0) is 0 Å². The average molecular weight is 702 g/mol. The summed E-state index contributed by atoms with van der Waals surface area (Å²) < 4.78 is 4.49. The van der Waals surface area contributed by atoms with Crippen molar-refractivity contribution in [3.63, 3.8) is 0 Å². The van der Waals surface area contributed by atoms with Crippen LogP contribution in [0.3, 0.4) is 0 Å². The van der Waals surface area contributed by atoms with Crippen LogP contribution in [0.1, 0.15) is 11.1 Å². The molecule has 5 nitrogen and oxygen atoms in total. The molecule has 0 aliphatic rings. The fraction of sp³-hybridized carbons (Fsp3) is 0. The third kappa shape index (κ3) is 5.15. The Morgan fingerprint density at radius 1 is 0.418 bits per heavy atom. The summed E-state index contributed by atoms with van der Waals surface area (Å²) in [7, 11) is 0. The summed E-state index contributed by atoms with van der Waals surface area (Å²) in [5, 5.41) is 24.8. The summed E-state index contributed by atoms with van der Waals surface area (Å²) in [5.41, 5.74) is 12.2. The Morgan fingerprint density at radius 2 is 1.07 bits per heavy atom. The highest BCUT2D eigenvalue weighted by Crippen LogP contribution is 2.44. The number of para-hydroxylation sites is 4. The van der Waals surface area contributed by atoms with Crippen LogP contribution in [-0.4, -0.2) is 9.13 Å². The van der Waals surface area contributed by atoms with E-state index in [2.05, 4.69) is 178 Å². The molecule has 0 radical (unpaired) electrons. The molecular weight excluding hydrogens is 671 g/mol. The van der Waals surface area contributed by atoms with Crippen molar-refractivity contribution in [1.29, 1.82) is 10.5 Å². The van der Waals surface area contributed by atoms with Gasteiger partial charge in [-0.3, -0.25) is 0 Å². The number of hydrogen-bond acceptors (Lipinski definition) is 3. The maximum atomic E-state index is 10.4. The molecule has 2 heterocycles. The molecule has 0 atom stereocenters. The number of nitrogens with zero attached hydrogens (tertiary/aromatic N) is 5. The molecule has 0 aliphatic heterocycles. The van der Waals surface area contributed by atoms with Crippen LogP contribution in [0.4, 0.5) is 17.1 Å². The van der Waals surface area contributed by atoms with E-state index < -0.39 is 0 Å². The van der Waals surface area contributed by atoms with Crippen molar-refractivity contribution in [3.05, 3.63) is 199 Å². The molecule has 0 saturated heterocycles. The summed E-state index contributed by atoms with van der Waals surface area (Å²) in [6.45, 7) is 0. The zero-order valence-corrected chi connectivity index (χ0v) is 29.6. The zero-order chi connectivity index (χ0) is 36.9. The predicted molar refractivity (Wildman–Crippen MR) is 225 cm³/mol. The molecule has 2 aromatic heterocycles. The van der Waals surface area contributed by atoms with Gasteiger partial charge in [0.1, 0.15) is 6.07 Å². The Morgan fingerprint density at radius 3 is 1.80 bits per heavy atom. The number of nitriles is 2.